The Morgan fingerprint density at radius 3 is 2.53 bits per heavy atom. The van der Waals surface area contributed by atoms with Crippen LogP contribution in [0.5, 0.6) is 11.5 Å². The Morgan fingerprint density at radius 2 is 1.91 bits per heavy atom. The zero-order chi connectivity index (χ0) is 23.3. The standard InChI is InChI=1S/C20H22Br2N4O5S/c1-31-18-11-14(10-17(22)20(18)28)12-23-24-19(27)13-25-6-8-26(9-7-25)32(29,30)16-4-2-15(21)3-5-16/h2-5,10-12,28H,6-9,13H2,1H3,(H,24,27)/b23-12+. The van der Waals surface area contributed by atoms with Gasteiger partial charge in [-0.3, -0.25) is 4.79 Å². The minimum absolute atomic E-state index is 0.174. The molecule has 0 bridgehead atoms. The second-order valence-electron chi connectivity index (χ2n) is 7.11. The first-order valence-electron chi connectivity index (χ1n) is 9.66. The quantitative estimate of drug-likeness (QED) is 0.357. The van der Waals surface area contributed by atoms with Crippen molar-refractivity contribution in [1.82, 2.24) is 9.73 Å². The molecule has 1 heterocycles. The summed E-state index contributed by atoms with van der Waals surface area (Å²) in [7, 11) is -2.15. The van der Waals surface area contributed by atoms with Crippen LogP contribution in [0, 0.1) is 0 Å². The van der Waals surface area contributed by atoms with Gasteiger partial charge in [-0.15, -0.1) is 0 Å². The highest BCUT2D eigenvalue weighted by molar-refractivity contribution is 9.10. The number of piperazine rings is 1. The Labute approximate surface area is 203 Å². The van der Waals surface area contributed by atoms with Gasteiger partial charge in [0.2, 0.25) is 10.0 Å². The lowest BCUT2D eigenvalue weighted by Crippen LogP contribution is -3.15. The van der Waals surface area contributed by atoms with E-state index in [0.29, 0.717) is 36.2 Å². The molecule has 12 heteroatoms. The van der Waals surface area contributed by atoms with Gasteiger partial charge in [0, 0.05) is 8.95 Å². The summed E-state index contributed by atoms with van der Waals surface area (Å²) in [6.45, 7) is 1.87. The molecule has 172 valence electrons. The lowest BCUT2D eigenvalue weighted by atomic mass is 10.2. The number of hydrogen-bond acceptors (Lipinski definition) is 6. The maximum Gasteiger partial charge on any atom is 0.295 e. The molecule has 1 aliphatic rings. The van der Waals surface area contributed by atoms with E-state index in [4.69, 9.17) is 4.74 Å². The van der Waals surface area contributed by atoms with E-state index in [-0.39, 0.29) is 28.8 Å². The topological polar surface area (TPSA) is 116 Å². The number of carbonyl (C=O) groups is 1. The second-order valence-corrected chi connectivity index (χ2v) is 10.8. The molecule has 0 radical (unpaired) electrons. The van der Waals surface area contributed by atoms with E-state index < -0.39 is 10.0 Å². The first kappa shape index (κ1) is 24.6. The highest BCUT2D eigenvalue weighted by Crippen LogP contribution is 2.32. The average molecular weight is 590 g/mol. The minimum Gasteiger partial charge on any atom is -0.869 e. The predicted octanol–water partition coefficient (Wildman–Crippen LogP) is 0.333. The van der Waals surface area contributed by atoms with Gasteiger partial charge < -0.3 is 14.7 Å². The molecule has 1 amide bonds. The van der Waals surface area contributed by atoms with Crippen LogP contribution in [0.1, 0.15) is 5.56 Å². The summed E-state index contributed by atoms with van der Waals surface area (Å²) >= 11 is 6.47. The molecular weight excluding hydrogens is 568 g/mol. The van der Waals surface area contributed by atoms with Crippen LogP contribution in [0.3, 0.4) is 0 Å². The van der Waals surface area contributed by atoms with Crippen molar-refractivity contribution in [3.8, 4) is 11.5 Å². The van der Waals surface area contributed by atoms with Gasteiger partial charge in [-0.05, 0) is 42.0 Å². The Balaban J connectivity index is 1.50. The van der Waals surface area contributed by atoms with E-state index in [0.717, 1.165) is 9.37 Å². The van der Waals surface area contributed by atoms with Crippen molar-refractivity contribution in [2.75, 3.05) is 39.8 Å². The highest BCUT2D eigenvalue weighted by atomic mass is 79.9. The SMILES string of the molecule is COc1cc(/C=N/NC(=O)C[NH+]2CCN(S(=O)(=O)c3ccc(Br)cc3)CC2)cc(Br)c1[O-]. The molecule has 1 aliphatic heterocycles. The van der Waals surface area contributed by atoms with Gasteiger partial charge in [-0.25, -0.2) is 13.8 Å². The third-order valence-corrected chi connectivity index (χ3v) is 7.98. The number of halogens is 2. The van der Waals surface area contributed by atoms with Gasteiger partial charge in [0.05, 0.1) is 44.4 Å². The number of amides is 1. The van der Waals surface area contributed by atoms with Crippen molar-refractivity contribution >= 4 is 54.0 Å². The van der Waals surface area contributed by atoms with Crippen molar-refractivity contribution in [2.45, 2.75) is 4.90 Å². The van der Waals surface area contributed by atoms with Crippen molar-refractivity contribution in [2.24, 2.45) is 5.10 Å². The van der Waals surface area contributed by atoms with Crippen LogP contribution in [0.4, 0.5) is 0 Å². The molecule has 2 aromatic rings. The highest BCUT2D eigenvalue weighted by Gasteiger charge is 2.31. The van der Waals surface area contributed by atoms with E-state index in [9.17, 15) is 18.3 Å². The zero-order valence-corrected chi connectivity index (χ0v) is 21.2. The Morgan fingerprint density at radius 1 is 1.25 bits per heavy atom. The monoisotopic (exact) mass is 588 g/mol. The van der Waals surface area contributed by atoms with Crippen LogP contribution in [0.15, 0.2) is 55.3 Å². The number of benzene rings is 2. The molecule has 2 aromatic carbocycles. The molecule has 3 rings (SSSR count). The van der Waals surface area contributed by atoms with Crippen molar-refractivity contribution in [3.05, 3.63) is 50.9 Å². The van der Waals surface area contributed by atoms with Gasteiger partial charge in [0.1, 0.15) is 5.75 Å². The van der Waals surface area contributed by atoms with Gasteiger partial charge in [0.15, 0.2) is 6.54 Å². The number of sulfonamides is 1. The van der Waals surface area contributed by atoms with E-state index >= 15 is 0 Å². The maximum absolute atomic E-state index is 12.8. The third kappa shape index (κ3) is 6.07. The number of methoxy groups -OCH3 is 1. The van der Waals surface area contributed by atoms with Crippen molar-refractivity contribution in [1.29, 1.82) is 0 Å². The van der Waals surface area contributed by atoms with Crippen LogP contribution in [-0.2, 0) is 14.8 Å². The molecule has 0 aliphatic carbocycles. The molecule has 1 saturated heterocycles. The first-order valence-corrected chi connectivity index (χ1v) is 12.7. The molecule has 0 atom stereocenters. The maximum atomic E-state index is 12.8. The molecule has 9 nitrogen and oxygen atoms in total. The van der Waals surface area contributed by atoms with E-state index in [1.807, 2.05) is 0 Å². The van der Waals surface area contributed by atoms with Gasteiger partial charge >= 0.3 is 0 Å². The van der Waals surface area contributed by atoms with E-state index in [1.165, 1.54) is 23.7 Å². The van der Waals surface area contributed by atoms with E-state index in [1.54, 1.807) is 30.3 Å². The molecule has 0 spiro atoms. The molecule has 0 aromatic heterocycles. The summed E-state index contributed by atoms with van der Waals surface area (Å²) in [5.41, 5.74) is 3.05. The normalized spacial score (nSPS) is 15.7. The van der Waals surface area contributed by atoms with Crippen LogP contribution >= 0.6 is 31.9 Å². The lowest BCUT2D eigenvalue weighted by Gasteiger charge is -2.31. The molecule has 0 saturated carbocycles. The number of ether oxygens (including phenoxy) is 1. The van der Waals surface area contributed by atoms with Gasteiger partial charge in [0.25, 0.3) is 5.91 Å². The summed E-state index contributed by atoms with van der Waals surface area (Å²) in [4.78, 5) is 13.4. The largest absolute Gasteiger partial charge is 0.869 e. The summed E-state index contributed by atoms with van der Waals surface area (Å²) in [5.74, 6) is -0.377. The van der Waals surface area contributed by atoms with Crippen molar-refractivity contribution < 1.29 is 28.0 Å². The molecule has 0 unspecified atom stereocenters. The number of hydrazone groups is 1. The second kappa shape index (κ2) is 10.8. The fraction of sp³-hybridized carbons (Fsp3) is 0.300. The van der Waals surface area contributed by atoms with Crippen molar-refractivity contribution in [3.63, 3.8) is 0 Å². The molecule has 32 heavy (non-hydrogen) atoms. The summed E-state index contributed by atoms with van der Waals surface area (Å²) < 4.78 is 33.1. The van der Waals surface area contributed by atoms with Crippen LogP contribution in [-0.4, -0.2) is 64.7 Å². The third-order valence-electron chi connectivity index (χ3n) is 4.95. The summed E-state index contributed by atoms with van der Waals surface area (Å²) in [6, 6.07) is 9.65. The average Bonchev–Trinajstić information content (AvgIpc) is 2.76. The number of nitrogens with one attached hydrogen (secondary N) is 2. The summed E-state index contributed by atoms with van der Waals surface area (Å²) in [6.07, 6.45) is 1.42. The number of nitrogens with zero attached hydrogens (tertiary/aromatic N) is 2. The predicted molar refractivity (Wildman–Crippen MR) is 124 cm³/mol. The fourth-order valence-corrected chi connectivity index (χ4v) is 5.40. The molecule has 1 fully saturated rings. The van der Waals surface area contributed by atoms with Gasteiger partial charge in [-0.1, -0.05) is 37.6 Å². The Bertz CT molecular complexity index is 1100. The van der Waals surface area contributed by atoms with E-state index in [2.05, 4.69) is 42.4 Å². The molecule has 2 N–H and O–H groups in total. The Kier molecular flexibility index (Phi) is 8.28. The number of rotatable bonds is 7. The molecular formula is C20H22Br2N4O5S. The Hall–Kier alpha value is -1.99. The van der Waals surface area contributed by atoms with Crippen LogP contribution < -0.4 is 20.2 Å². The van der Waals surface area contributed by atoms with Crippen LogP contribution in [0.2, 0.25) is 0 Å². The number of quaternary nitrogens is 1. The minimum atomic E-state index is -3.55. The fourth-order valence-electron chi connectivity index (χ4n) is 3.23. The van der Waals surface area contributed by atoms with Gasteiger partial charge in [-0.2, -0.15) is 9.41 Å². The lowest BCUT2D eigenvalue weighted by molar-refractivity contribution is -0.895. The number of hydrogen-bond donors (Lipinski definition) is 2. The first-order chi connectivity index (χ1) is 15.2. The summed E-state index contributed by atoms with van der Waals surface area (Å²) in [5, 5.41) is 15.7. The number of carbonyl (C=O) groups excluding carboxylic acids is 1. The van der Waals surface area contributed by atoms with Crippen LogP contribution in [0.25, 0.3) is 0 Å². The zero-order valence-electron chi connectivity index (χ0n) is 17.2. The smallest absolute Gasteiger partial charge is 0.295 e.